The van der Waals surface area contributed by atoms with Crippen LogP contribution in [0, 0.1) is 9.62 Å². The monoisotopic (exact) mass is 319 g/mol. The average Bonchev–Trinajstić information content (AvgIpc) is 2.23. The van der Waals surface area contributed by atoms with E-state index in [0.29, 0.717) is 5.92 Å². The molecule has 0 amide bonds. The van der Waals surface area contributed by atoms with Crippen LogP contribution in [-0.2, 0) is 0 Å². The zero-order chi connectivity index (χ0) is 10.8. The first kappa shape index (κ1) is 11.1. The molecule has 0 bridgehead atoms. The van der Waals surface area contributed by atoms with Crippen molar-refractivity contribution in [3.63, 3.8) is 0 Å². The van der Waals surface area contributed by atoms with Gasteiger partial charge in [0.15, 0.2) is 5.82 Å². The van der Waals surface area contributed by atoms with Gasteiger partial charge in [0, 0.05) is 13.1 Å². The number of aromatic nitrogens is 2. The Balaban J connectivity index is 2.08. The van der Waals surface area contributed by atoms with Crippen LogP contribution in [0.25, 0.3) is 0 Å². The van der Waals surface area contributed by atoms with E-state index in [9.17, 15) is 5.11 Å². The number of anilines is 1. The second-order valence-corrected chi connectivity index (χ2v) is 5.10. The lowest BCUT2D eigenvalue weighted by molar-refractivity contribution is 0.0968. The van der Waals surface area contributed by atoms with Gasteiger partial charge in [-0.15, -0.1) is 10.2 Å². The summed E-state index contributed by atoms with van der Waals surface area (Å²) in [6.07, 6.45) is 0.646. The number of hydrogen-bond donors (Lipinski definition) is 1. The van der Waals surface area contributed by atoms with Crippen LogP contribution in [0.4, 0.5) is 5.82 Å². The Hall–Kier alpha value is -0.430. The molecule has 1 N–H and O–H groups in total. The lowest BCUT2D eigenvalue weighted by Gasteiger charge is -2.34. The molecule has 1 aromatic heterocycles. The summed E-state index contributed by atoms with van der Waals surface area (Å²) in [5, 5.41) is 17.8. The third kappa shape index (κ3) is 2.57. The Kier molecular flexibility index (Phi) is 3.40. The lowest BCUT2D eigenvalue weighted by atomic mass is 9.97. The van der Waals surface area contributed by atoms with Crippen LogP contribution in [-0.4, -0.2) is 34.5 Å². The smallest absolute Gasteiger partial charge is 0.151 e. The van der Waals surface area contributed by atoms with Crippen molar-refractivity contribution in [2.24, 2.45) is 5.92 Å². The molecule has 4 nitrogen and oxygen atoms in total. The van der Waals surface area contributed by atoms with Gasteiger partial charge < -0.3 is 10.0 Å². The Labute approximate surface area is 103 Å². The van der Waals surface area contributed by atoms with Gasteiger partial charge in [-0.25, -0.2) is 0 Å². The fourth-order valence-electron chi connectivity index (χ4n) is 1.82. The highest BCUT2D eigenvalue weighted by Crippen LogP contribution is 2.21. The first-order valence-corrected chi connectivity index (χ1v) is 6.17. The highest BCUT2D eigenvalue weighted by molar-refractivity contribution is 14.1. The van der Waals surface area contributed by atoms with Crippen LogP contribution in [0.2, 0.25) is 0 Å². The SMILES string of the molecule is C[C@@H]1CN(c2ccc(I)nn2)CC[C@@H]1O. The zero-order valence-electron chi connectivity index (χ0n) is 8.60. The number of aliphatic hydroxyl groups excluding tert-OH is 1. The van der Waals surface area contributed by atoms with Gasteiger partial charge in [0.1, 0.15) is 3.70 Å². The summed E-state index contributed by atoms with van der Waals surface area (Å²) >= 11 is 2.14. The van der Waals surface area contributed by atoms with E-state index in [0.717, 1.165) is 29.0 Å². The summed E-state index contributed by atoms with van der Waals surface area (Å²) in [5.41, 5.74) is 0. The van der Waals surface area contributed by atoms with E-state index in [1.165, 1.54) is 0 Å². The molecule has 1 aliphatic rings. The van der Waals surface area contributed by atoms with E-state index in [1.807, 2.05) is 12.1 Å². The molecule has 15 heavy (non-hydrogen) atoms. The van der Waals surface area contributed by atoms with Crippen LogP contribution >= 0.6 is 22.6 Å². The summed E-state index contributed by atoms with van der Waals surface area (Å²) in [6.45, 7) is 3.79. The van der Waals surface area contributed by atoms with Gasteiger partial charge in [0.2, 0.25) is 0 Å². The van der Waals surface area contributed by atoms with E-state index >= 15 is 0 Å². The maximum absolute atomic E-state index is 9.62. The average molecular weight is 319 g/mol. The molecule has 2 atom stereocenters. The summed E-state index contributed by atoms with van der Waals surface area (Å²) in [6, 6.07) is 3.94. The molecule has 1 aliphatic heterocycles. The highest BCUT2D eigenvalue weighted by Gasteiger charge is 2.24. The van der Waals surface area contributed by atoms with E-state index in [2.05, 4.69) is 44.6 Å². The van der Waals surface area contributed by atoms with E-state index < -0.39 is 0 Å². The first-order valence-electron chi connectivity index (χ1n) is 5.09. The number of nitrogens with zero attached hydrogens (tertiary/aromatic N) is 3. The molecule has 1 fully saturated rings. The van der Waals surface area contributed by atoms with Gasteiger partial charge in [0.25, 0.3) is 0 Å². The Morgan fingerprint density at radius 3 is 2.87 bits per heavy atom. The van der Waals surface area contributed by atoms with Crippen molar-refractivity contribution >= 4 is 28.4 Å². The lowest BCUT2D eigenvalue weighted by Crippen LogP contribution is -2.42. The van der Waals surface area contributed by atoms with Crippen molar-refractivity contribution in [1.82, 2.24) is 10.2 Å². The van der Waals surface area contributed by atoms with Crippen molar-refractivity contribution in [3.8, 4) is 0 Å². The van der Waals surface area contributed by atoms with Crippen LogP contribution in [0.5, 0.6) is 0 Å². The van der Waals surface area contributed by atoms with Crippen LogP contribution in [0.3, 0.4) is 0 Å². The van der Waals surface area contributed by atoms with Crippen LogP contribution in [0.1, 0.15) is 13.3 Å². The van der Waals surface area contributed by atoms with Gasteiger partial charge in [-0.05, 0) is 47.1 Å². The molecule has 2 rings (SSSR count). The Bertz CT molecular complexity index is 330. The molecule has 2 heterocycles. The zero-order valence-corrected chi connectivity index (χ0v) is 10.8. The summed E-state index contributed by atoms with van der Waals surface area (Å²) in [7, 11) is 0. The molecule has 5 heteroatoms. The van der Waals surface area contributed by atoms with Gasteiger partial charge in [0.05, 0.1) is 6.10 Å². The summed E-state index contributed by atoms with van der Waals surface area (Å²) in [5.74, 6) is 1.22. The van der Waals surface area contributed by atoms with E-state index in [1.54, 1.807) is 0 Å². The second kappa shape index (κ2) is 4.61. The van der Waals surface area contributed by atoms with Gasteiger partial charge in [-0.3, -0.25) is 0 Å². The van der Waals surface area contributed by atoms with Crippen molar-refractivity contribution in [2.45, 2.75) is 19.4 Å². The number of halogens is 1. The van der Waals surface area contributed by atoms with Gasteiger partial charge in [-0.1, -0.05) is 6.92 Å². The molecular weight excluding hydrogens is 305 g/mol. The largest absolute Gasteiger partial charge is 0.393 e. The van der Waals surface area contributed by atoms with Crippen molar-refractivity contribution in [2.75, 3.05) is 18.0 Å². The first-order chi connectivity index (χ1) is 7.16. The minimum atomic E-state index is -0.168. The minimum Gasteiger partial charge on any atom is -0.393 e. The molecule has 0 unspecified atom stereocenters. The fourth-order valence-corrected chi connectivity index (χ4v) is 2.11. The highest BCUT2D eigenvalue weighted by atomic mass is 127. The number of hydrogen-bond acceptors (Lipinski definition) is 4. The van der Waals surface area contributed by atoms with Crippen molar-refractivity contribution in [1.29, 1.82) is 0 Å². The molecule has 0 spiro atoms. The predicted molar refractivity (Wildman–Crippen MR) is 66.7 cm³/mol. The Morgan fingerprint density at radius 2 is 2.27 bits per heavy atom. The van der Waals surface area contributed by atoms with Gasteiger partial charge in [-0.2, -0.15) is 0 Å². The topological polar surface area (TPSA) is 49.2 Å². The quantitative estimate of drug-likeness (QED) is 0.793. The minimum absolute atomic E-state index is 0.168. The van der Waals surface area contributed by atoms with E-state index in [-0.39, 0.29) is 6.10 Å². The van der Waals surface area contributed by atoms with Gasteiger partial charge >= 0.3 is 0 Å². The molecule has 0 aromatic carbocycles. The summed E-state index contributed by atoms with van der Waals surface area (Å²) in [4.78, 5) is 2.18. The molecule has 0 aliphatic carbocycles. The third-order valence-corrected chi connectivity index (χ3v) is 3.38. The normalized spacial score (nSPS) is 26.7. The van der Waals surface area contributed by atoms with Crippen LogP contribution in [0.15, 0.2) is 12.1 Å². The molecule has 82 valence electrons. The summed E-state index contributed by atoms with van der Waals surface area (Å²) < 4.78 is 0.904. The number of aliphatic hydroxyl groups is 1. The third-order valence-electron chi connectivity index (χ3n) is 2.80. The molecule has 1 saturated heterocycles. The Morgan fingerprint density at radius 1 is 1.47 bits per heavy atom. The molecule has 1 aromatic rings. The number of rotatable bonds is 1. The number of piperidine rings is 1. The predicted octanol–water partition coefficient (Wildman–Crippen LogP) is 1.29. The van der Waals surface area contributed by atoms with E-state index in [4.69, 9.17) is 0 Å². The maximum atomic E-state index is 9.62. The fraction of sp³-hybridized carbons (Fsp3) is 0.600. The maximum Gasteiger partial charge on any atom is 0.151 e. The molecule has 0 saturated carbocycles. The second-order valence-electron chi connectivity index (χ2n) is 3.99. The van der Waals surface area contributed by atoms with Crippen LogP contribution < -0.4 is 4.90 Å². The van der Waals surface area contributed by atoms with Crippen molar-refractivity contribution < 1.29 is 5.11 Å². The molecular formula is C10H14IN3O. The standard InChI is InChI=1S/C10H14IN3O/c1-7-6-14(5-4-8(7)15)10-3-2-9(11)12-13-10/h2-3,7-8,15H,4-6H2,1H3/t7-,8+/m1/s1. The molecule has 0 radical (unpaired) electrons. The van der Waals surface area contributed by atoms with Crippen molar-refractivity contribution in [3.05, 3.63) is 15.8 Å².